The highest BCUT2D eigenvalue weighted by atomic mass is 16.2. The Kier molecular flexibility index (Phi) is 15.4. The molecule has 1 atom stereocenters. The maximum Gasteiger partial charge on any atom is 0.251 e. The zero-order valence-corrected chi connectivity index (χ0v) is 27.3. The number of carbonyl (C=O) groups is 3. The van der Waals surface area contributed by atoms with E-state index in [4.69, 9.17) is 0 Å². The monoisotopic (exact) mass is 590 g/mol. The fraction of sp³-hybridized carbons (Fsp3) is 0.500. The summed E-state index contributed by atoms with van der Waals surface area (Å²) in [5.41, 5.74) is 6.47. The van der Waals surface area contributed by atoms with Gasteiger partial charge in [-0.1, -0.05) is 70.5 Å². The normalized spacial score (nSPS) is 15.3. The van der Waals surface area contributed by atoms with Gasteiger partial charge in [0.05, 0.1) is 0 Å². The molecule has 7 nitrogen and oxygen atoms in total. The minimum Gasteiger partial charge on any atom is -0.350 e. The molecule has 0 saturated carbocycles. The van der Waals surface area contributed by atoms with Crippen molar-refractivity contribution < 1.29 is 15.8 Å². The highest BCUT2D eigenvalue weighted by Crippen LogP contribution is 2.23. The van der Waals surface area contributed by atoms with E-state index in [1.165, 1.54) is 17.6 Å². The molecule has 1 fully saturated rings. The summed E-state index contributed by atoms with van der Waals surface area (Å²) in [4.78, 5) is 40.6. The molecule has 0 spiro atoms. The highest BCUT2D eigenvalue weighted by Gasteiger charge is 2.21. The Morgan fingerprint density at radius 1 is 1.02 bits per heavy atom. The van der Waals surface area contributed by atoms with Gasteiger partial charge in [0, 0.05) is 44.7 Å². The standard InChI is InChI=1S/C24H30N2O2.C9H14N2O.C3H8.H2/c1-3-19-6-4-7-21(15-19)22-8-5-9-23(16-22)24(28)25-18(2)14-20-10-12-26(17-27)13-11-20;1-4-9(12)11-8-5-6(2)7(3)10-8;1-3-2;/h4-9,15-18,20H,3,10-14H2,1-2H3,(H,25,28);4-5H2,1-3H3,(H,10,11,12);3H2,1-2H3;1H/t18-;;;/m0.../s1. The van der Waals surface area contributed by atoms with Crippen molar-refractivity contribution in [2.75, 3.05) is 13.1 Å². The van der Waals surface area contributed by atoms with Gasteiger partial charge in [-0.05, 0) is 86.8 Å². The van der Waals surface area contributed by atoms with Crippen molar-refractivity contribution in [2.24, 2.45) is 10.9 Å². The van der Waals surface area contributed by atoms with Gasteiger partial charge in [-0.3, -0.25) is 14.4 Å². The number of piperidine rings is 1. The van der Waals surface area contributed by atoms with E-state index in [9.17, 15) is 14.4 Å². The number of benzene rings is 2. The molecule has 1 saturated heterocycles. The Hall–Kier alpha value is -3.74. The van der Waals surface area contributed by atoms with Crippen LogP contribution in [0.3, 0.4) is 0 Å². The summed E-state index contributed by atoms with van der Waals surface area (Å²) in [6.07, 6.45) is 7.47. The largest absolute Gasteiger partial charge is 0.350 e. The molecular formula is C36H54N4O3. The van der Waals surface area contributed by atoms with Gasteiger partial charge in [-0.15, -0.1) is 0 Å². The first kappa shape index (κ1) is 35.5. The number of allylic oxidation sites excluding steroid dienone is 1. The first-order valence-corrected chi connectivity index (χ1v) is 15.9. The van der Waals surface area contributed by atoms with E-state index in [0.29, 0.717) is 17.9 Å². The topological polar surface area (TPSA) is 90.9 Å². The Morgan fingerprint density at radius 3 is 2.21 bits per heavy atom. The lowest BCUT2D eigenvalue weighted by molar-refractivity contribution is -0.120. The second-order valence-electron chi connectivity index (χ2n) is 11.5. The Balaban J connectivity index is 0.000000506. The number of carbonyl (C=O) groups excluding carboxylic acids is 3. The Morgan fingerprint density at radius 2 is 1.65 bits per heavy atom. The summed E-state index contributed by atoms with van der Waals surface area (Å²) in [5, 5.41) is 5.91. The van der Waals surface area contributed by atoms with E-state index in [1.807, 2.05) is 43.9 Å². The summed E-state index contributed by atoms with van der Waals surface area (Å²) in [5.74, 6) is 1.37. The molecule has 0 aromatic heterocycles. The lowest BCUT2D eigenvalue weighted by atomic mass is 9.91. The van der Waals surface area contributed by atoms with Gasteiger partial charge in [-0.2, -0.15) is 0 Å². The fourth-order valence-corrected chi connectivity index (χ4v) is 5.01. The van der Waals surface area contributed by atoms with Crippen LogP contribution < -0.4 is 10.6 Å². The van der Waals surface area contributed by atoms with Crippen LogP contribution in [0.25, 0.3) is 11.1 Å². The lowest BCUT2D eigenvalue weighted by Crippen LogP contribution is -2.38. The first-order valence-electron chi connectivity index (χ1n) is 15.9. The van der Waals surface area contributed by atoms with Crippen LogP contribution in [0.1, 0.15) is 104 Å². The smallest absolute Gasteiger partial charge is 0.251 e. The molecule has 2 aliphatic rings. The molecule has 0 radical (unpaired) electrons. The molecule has 0 aliphatic carbocycles. The van der Waals surface area contributed by atoms with Crippen molar-refractivity contribution in [1.82, 2.24) is 15.5 Å². The third-order valence-electron chi connectivity index (χ3n) is 7.61. The van der Waals surface area contributed by atoms with Gasteiger partial charge >= 0.3 is 0 Å². The number of rotatable bonds is 8. The predicted molar refractivity (Wildman–Crippen MR) is 180 cm³/mol. The number of aryl methyl sites for hydroxylation is 1. The van der Waals surface area contributed by atoms with Crippen LogP contribution in [0.15, 0.2) is 64.8 Å². The van der Waals surface area contributed by atoms with Crippen molar-refractivity contribution in [3.8, 4) is 11.1 Å². The fourth-order valence-electron chi connectivity index (χ4n) is 5.01. The van der Waals surface area contributed by atoms with Crippen LogP contribution in [0.5, 0.6) is 0 Å². The average Bonchev–Trinajstić information content (AvgIpc) is 3.33. The zero-order chi connectivity index (χ0) is 31.8. The van der Waals surface area contributed by atoms with Crippen LogP contribution >= 0.6 is 0 Å². The maximum absolute atomic E-state index is 12.7. The van der Waals surface area contributed by atoms with Crippen LogP contribution in [-0.4, -0.2) is 48.1 Å². The number of amides is 3. The molecule has 0 bridgehead atoms. The van der Waals surface area contributed by atoms with Crippen molar-refractivity contribution in [2.45, 2.75) is 99.5 Å². The van der Waals surface area contributed by atoms with Gasteiger partial charge in [-0.25, -0.2) is 4.99 Å². The molecule has 7 heteroatoms. The van der Waals surface area contributed by atoms with E-state index >= 15 is 0 Å². The van der Waals surface area contributed by atoms with Crippen LogP contribution in [0.4, 0.5) is 0 Å². The molecule has 2 aliphatic heterocycles. The van der Waals surface area contributed by atoms with Crippen LogP contribution in [0.2, 0.25) is 0 Å². The Labute approximate surface area is 260 Å². The minimum absolute atomic E-state index is 0. The van der Waals surface area contributed by atoms with Gasteiger partial charge in [0.2, 0.25) is 12.3 Å². The van der Waals surface area contributed by atoms with Crippen molar-refractivity contribution >= 4 is 24.1 Å². The molecule has 3 amide bonds. The number of amidine groups is 1. The zero-order valence-electron chi connectivity index (χ0n) is 27.3. The number of hydrogen-bond donors (Lipinski definition) is 2. The quantitative estimate of drug-likeness (QED) is 0.311. The van der Waals surface area contributed by atoms with Crippen molar-refractivity contribution in [3.63, 3.8) is 0 Å². The molecule has 2 aromatic rings. The summed E-state index contributed by atoms with van der Waals surface area (Å²) < 4.78 is 0. The predicted octanol–water partition coefficient (Wildman–Crippen LogP) is 7.56. The second-order valence-corrected chi connectivity index (χ2v) is 11.5. The van der Waals surface area contributed by atoms with Gasteiger partial charge in [0.15, 0.2) is 0 Å². The highest BCUT2D eigenvalue weighted by molar-refractivity contribution is 6.00. The van der Waals surface area contributed by atoms with E-state index in [2.05, 4.69) is 73.7 Å². The van der Waals surface area contributed by atoms with Crippen molar-refractivity contribution in [1.29, 1.82) is 0 Å². The first-order chi connectivity index (χ1) is 20.6. The number of aliphatic imine (C=N–C) groups is 1. The van der Waals surface area contributed by atoms with E-state index in [1.54, 1.807) is 0 Å². The molecular weight excluding hydrogens is 536 g/mol. The summed E-state index contributed by atoms with van der Waals surface area (Å²) in [6, 6.07) is 16.4. The number of likely N-dealkylation sites (tertiary alicyclic amines) is 1. The summed E-state index contributed by atoms with van der Waals surface area (Å²) >= 11 is 0. The third kappa shape index (κ3) is 12.2. The van der Waals surface area contributed by atoms with Gasteiger partial charge in [0.1, 0.15) is 5.84 Å². The summed E-state index contributed by atoms with van der Waals surface area (Å²) in [6.45, 7) is 15.9. The molecule has 43 heavy (non-hydrogen) atoms. The molecule has 0 unspecified atom stereocenters. The molecule has 2 N–H and O–H groups in total. The molecule has 236 valence electrons. The van der Waals surface area contributed by atoms with Crippen LogP contribution in [0, 0.1) is 5.92 Å². The van der Waals surface area contributed by atoms with E-state index in [0.717, 1.165) is 74.3 Å². The van der Waals surface area contributed by atoms with E-state index in [-0.39, 0.29) is 19.3 Å². The van der Waals surface area contributed by atoms with E-state index < -0.39 is 0 Å². The maximum atomic E-state index is 12.7. The van der Waals surface area contributed by atoms with Gasteiger partial charge in [0.25, 0.3) is 5.91 Å². The summed E-state index contributed by atoms with van der Waals surface area (Å²) in [7, 11) is 0. The number of hydrogen-bond acceptors (Lipinski definition) is 4. The third-order valence-corrected chi connectivity index (χ3v) is 7.61. The van der Waals surface area contributed by atoms with Crippen LogP contribution in [-0.2, 0) is 16.0 Å². The molecule has 2 heterocycles. The van der Waals surface area contributed by atoms with Gasteiger partial charge < -0.3 is 15.5 Å². The average molecular weight is 591 g/mol. The SMILES string of the molecule is CCC.CCC(=O)NC1=NC(C)=C(C)C1.CCc1cccc(-c2cccc(C(=O)N[C@@H](C)CC3CCN(C=O)CC3)c2)c1.[HH]. The Bertz CT molecular complexity index is 1270. The molecule has 4 rings (SSSR count). The minimum atomic E-state index is -0.0219. The second kappa shape index (κ2) is 18.7. The lowest BCUT2D eigenvalue weighted by Gasteiger charge is -2.30. The molecule has 2 aromatic carbocycles. The number of nitrogens with zero attached hydrogens (tertiary/aromatic N) is 2. The van der Waals surface area contributed by atoms with Crippen molar-refractivity contribution in [3.05, 3.63) is 70.9 Å². The number of nitrogens with one attached hydrogen (secondary N) is 2.